The summed E-state index contributed by atoms with van der Waals surface area (Å²) in [6.45, 7) is 8.20. The van der Waals surface area contributed by atoms with Crippen molar-refractivity contribution in [1.82, 2.24) is 10.2 Å². The molecule has 1 fully saturated rings. The van der Waals surface area contributed by atoms with Crippen LogP contribution in [0.2, 0.25) is 0 Å². The Bertz CT molecular complexity index is 91.7. The second kappa shape index (κ2) is 4.73. The number of nitrogens with zero attached hydrogens (tertiary/aromatic N) is 1. The lowest BCUT2D eigenvalue weighted by atomic mass is 10.2. The van der Waals surface area contributed by atoms with Crippen molar-refractivity contribution in [1.29, 1.82) is 0 Å². The van der Waals surface area contributed by atoms with E-state index in [0.29, 0.717) is 6.17 Å². The molecule has 66 valence electrons. The molecule has 1 saturated heterocycles. The van der Waals surface area contributed by atoms with Gasteiger partial charge in [-0.15, -0.1) is 0 Å². The summed E-state index contributed by atoms with van der Waals surface area (Å²) in [6, 6.07) is 0. The van der Waals surface area contributed by atoms with Gasteiger partial charge in [-0.25, -0.2) is 0 Å². The van der Waals surface area contributed by atoms with Crippen molar-refractivity contribution in [2.24, 2.45) is 0 Å². The summed E-state index contributed by atoms with van der Waals surface area (Å²) in [5.74, 6) is 0. The SMILES string of the molecule is CCCC1NCCN1CCC. The van der Waals surface area contributed by atoms with Crippen molar-refractivity contribution in [3.63, 3.8) is 0 Å². The third kappa shape index (κ3) is 2.46. The van der Waals surface area contributed by atoms with E-state index in [1.807, 2.05) is 0 Å². The fourth-order valence-corrected chi connectivity index (χ4v) is 1.77. The fourth-order valence-electron chi connectivity index (χ4n) is 1.77. The van der Waals surface area contributed by atoms with Crippen molar-refractivity contribution >= 4 is 0 Å². The van der Waals surface area contributed by atoms with E-state index in [-0.39, 0.29) is 0 Å². The predicted octanol–water partition coefficient (Wildman–Crippen LogP) is 1.43. The van der Waals surface area contributed by atoms with Crippen LogP contribution in [0, 0.1) is 0 Å². The molecule has 1 atom stereocenters. The minimum Gasteiger partial charge on any atom is -0.300 e. The lowest BCUT2D eigenvalue weighted by Gasteiger charge is -2.22. The van der Waals surface area contributed by atoms with Crippen LogP contribution in [0.4, 0.5) is 0 Å². The van der Waals surface area contributed by atoms with Gasteiger partial charge in [0, 0.05) is 13.1 Å². The van der Waals surface area contributed by atoms with E-state index in [0.717, 1.165) is 0 Å². The fraction of sp³-hybridized carbons (Fsp3) is 1.00. The Labute approximate surface area is 70.0 Å². The summed E-state index contributed by atoms with van der Waals surface area (Å²) in [4.78, 5) is 2.56. The molecule has 0 aliphatic carbocycles. The first-order valence-electron chi connectivity index (χ1n) is 4.86. The summed E-state index contributed by atoms with van der Waals surface area (Å²) >= 11 is 0. The van der Waals surface area contributed by atoms with Crippen molar-refractivity contribution in [2.75, 3.05) is 19.6 Å². The molecule has 0 spiro atoms. The van der Waals surface area contributed by atoms with Crippen LogP contribution in [0.3, 0.4) is 0 Å². The van der Waals surface area contributed by atoms with Crippen LogP contribution in [0.5, 0.6) is 0 Å². The first-order chi connectivity index (χ1) is 5.38. The topological polar surface area (TPSA) is 15.3 Å². The number of hydrogen-bond acceptors (Lipinski definition) is 2. The maximum atomic E-state index is 3.52. The minimum atomic E-state index is 0.681. The van der Waals surface area contributed by atoms with Crippen LogP contribution in [-0.2, 0) is 0 Å². The van der Waals surface area contributed by atoms with Gasteiger partial charge in [0.15, 0.2) is 0 Å². The van der Waals surface area contributed by atoms with Gasteiger partial charge in [-0.3, -0.25) is 4.90 Å². The van der Waals surface area contributed by atoms with Crippen LogP contribution in [-0.4, -0.2) is 30.7 Å². The van der Waals surface area contributed by atoms with Gasteiger partial charge in [0.25, 0.3) is 0 Å². The molecule has 0 bridgehead atoms. The third-order valence-electron chi connectivity index (χ3n) is 2.29. The highest BCUT2D eigenvalue weighted by atomic mass is 15.3. The van der Waals surface area contributed by atoms with E-state index in [4.69, 9.17) is 0 Å². The molecule has 2 nitrogen and oxygen atoms in total. The zero-order valence-electron chi connectivity index (χ0n) is 7.77. The first-order valence-corrected chi connectivity index (χ1v) is 4.86. The Morgan fingerprint density at radius 1 is 1.36 bits per heavy atom. The molecule has 2 heteroatoms. The maximum Gasteiger partial charge on any atom is 0.0597 e. The number of hydrogen-bond donors (Lipinski definition) is 1. The van der Waals surface area contributed by atoms with Gasteiger partial charge in [-0.1, -0.05) is 20.3 Å². The van der Waals surface area contributed by atoms with Gasteiger partial charge in [0.1, 0.15) is 0 Å². The van der Waals surface area contributed by atoms with Crippen LogP contribution in [0.15, 0.2) is 0 Å². The molecule has 0 aromatic carbocycles. The van der Waals surface area contributed by atoms with Crippen LogP contribution in [0.25, 0.3) is 0 Å². The van der Waals surface area contributed by atoms with E-state index in [1.165, 1.54) is 38.9 Å². The molecule has 1 heterocycles. The second-order valence-electron chi connectivity index (χ2n) is 3.29. The van der Waals surface area contributed by atoms with Gasteiger partial charge in [0.2, 0.25) is 0 Å². The van der Waals surface area contributed by atoms with Crippen LogP contribution >= 0.6 is 0 Å². The van der Waals surface area contributed by atoms with E-state index in [2.05, 4.69) is 24.1 Å². The van der Waals surface area contributed by atoms with Crippen molar-refractivity contribution < 1.29 is 0 Å². The molecule has 0 aromatic rings. The van der Waals surface area contributed by atoms with Crippen LogP contribution in [0.1, 0.15) is 33.1 Å². The molecule has 0 saturated carbocycles. The van der Waals surface area contributed by atoms with Gasteiger partial charge < -0.3 is 5.32 Å². The molecule has 11 heavy (non-hydrogen) atoms. The Hall–Kier alpha value is -0.0800. The van der Waals surface area contributed by atoms with Crippen LogP contribution < -0.4 is 5.32 Å². The summed E-state index contributed by atoms with van der Waals surface area (Å²) in [7, 11) is 0. The smallest absolute Gasteiger partial charge is 0.0597 e. The average Bonchev–Trinajstić information content (AvgIpc) is 2.39. The summed E-state index contributed by atoms with van der Waals surface area (Å²) in [5.41, 5.74) is 0. The Kier molecular flexibility index (Phi) is 3.87. The molecular weight excluding hydrogens is 136 g/mol. The molecule has 1 aliphatic heterocycles. The van der Waals surface area contributed by atoms with Crippen molar-refractivity contribution in [3.8, 4) is 0 Å². The van der Waals surface area contributed by atoms with Crippen molar-refractivity contribution in [2.45, 2.75) is 39.3 Å². The maximum absolute atomic E-state index is 3.52. The zero-order valence-corrected chi connectivity index (χ0v) is 7.77. The molecule has 0 radical (unpaired) electrons. The molecule has 1 aliphatic rings. The van der Waals surface area contributed by atoms with E-state index < -0.39 is 0 Å². The summed E-state index contributed by atoms with van der Waals surface area (Å²) in [5, 5.41) is 3.52. The van der Waals surface area contributed by atoms with Gasteiger partial charge in [-0.05, 0) is 19.4 Å². The number of rotatable bonds is 4. The van der Waals surface area contributed by atoms with E-state index in [9.17, 15) is 0 Å². The highest BCUT2D eigenvalue weighted by molar-refractivity contribution is 4.76. The van der Waals surface area contributed by atoms with Gasteiger partial charge in [0.05, 0.1) is 6.17 Å². The minimum absolute atomic E-state index is 0.681. The number of nitrogens with one attached hydrogen (secondary N) is 1. The van der Waals surface area contributed by atoms with E-state index in [1.54, 1.807) is 0 Å². The molecule has 1 unspecified atom stereocenters. The van der Waals surface area contributed by atoms with E-state index >= 15 is 0 Å². The largest absolute Gasteiger partial charge is 0.300 e. The highest BCUT2D eigenvalue weighted by Gasteiger charge is 2.21. The molecule has 1 N–H and O–H groups in total. The average molecular weight is 156 g/mol. The lowest BCUT2D eigenvalue weighted by Crippen LogP contribution is -2.35. The second-order valence-corrected chi connectivity index (χ2v) is 3.29. The molecule has 0 amide bonds. The van der Waals surface area contributed by atoms with Crippen molar-refractivity contribution in [3.05, 3.63) is 0 Å². The Morgan fingerprint density at radius 3 is 2.82 bits per heavy atom. The molecule has 0 aromatic heterocycles. The highest BCUT2D eigenvalue weighted by Crippen LogP contribution is 2.08. The molecular formula is C9H20N2. The quantitative estimate of drug-likeness (QED) is 0.662. The summed E-state index contributed by atoms with van der Waals surface area (Å²) in [6.07, 6.45) is 4.56. The van der Waals surface area contributed by atoms with Gasteiger partial charge in [-0.2, -0.15) is 0 Å². The Balaban J connectivity index is 2.25. The normalized spacial score (nSPS) is 26.2. The standard InChI is InChI=1S/C9H20N2/c1-3-5-9-10-6-8-11(9)7-4-2/h9-10H,3-8H2,1-2H3. The lowest BCUT2D eigenvalue weighted by molar-refractivity contribution is 0.229. The predicted molar refractivity (Wildman–Crippen MR) is 48.6 cm³/mol. The molecule has 1 rings (SSSR count). The summed E-state index contributed by atoms with van der Waals surface area (Å²) < 4.78 is 0. The first kappa shape index (κ1) is 9.01. The monoisotopic (exact) mass is 156 g/mol. The zero-order chi connectivity index (χ0) is 8.10. The Morgan fingerprint density at radius 2 is 2.18 bits per heavy atom. The third-order valence-corrected chi connectivity index (χ3v) is 2.29. The van der Waals surface area contributed by atoms with Gasteiger partial charge >= 0.3 is 0 Å².